The van der Waals surface area contributed by atoms with Gasteiger partial charge < -0.3 is 0 Å². The fraction of sp³-hybridized carbons (Fsp3) is 0. The number of H-pyrrole nitrogens is 1. The predicted octanol–water partition coefficient (Wildman–Crippen LogP) is 3.45. The van der Waals surface area contributed by atoms with E-state index < -0.39 is 11.4 Å². The first-order valence-electron chi connectivity index (χ1n) is 6.92. The molecule has 0 bridgehead atoms. The number of benzene rings is 2. The summed E-state index contributed by atoms with van der Waals surface area (Å²) in [4.78, 5) is 24.3. The van der Waals surface area contributed by atoms with Crippen LogP contribution in [0.4, 0.5) is 0 Å². The zero-order valence-electron chi connectivity index (χ0n) is 12.2. The summed E-state index contributed by atoms with van der Waals surface area (Å²) in [7, 11) is 0. The third-order valence-corrected chi connectivity index (χ3v) is 3.83. The minimum atomic E-state index is -0.754. The highest BCUT2D eigenvalue weighted by Gasteiger charge is 2.28. The van der Waals surface area contributed by atoms with Crippen molar-refractivity contribution < 1.29 is 14.0 Å². The molecule has 0 atom stereocenters. The molecule has 0 fully saturated rings. The molecule has 0 spiro atoms. The van der Waals surface area contributed by atoms with Gasteiger partial charge in [-0.25, -0.2) is 4.79 Å². The number of ketones is 1. The van der Waals surface area contributed by atoms with Crippen molar-refractivity contribution in [3.8, 4) is 5.69 Å². The fourth-order valence-corrected chi connectivity index (χ4v) is 2.59. The highest BCUT2D eigenvalue weighted by Crippen LogP contribution is 2.22. The summed E-state index contributed by atoms with van der Waals surface area (Å²) < 4.78 is 6.04. The molecule has 1 N–H and O–H groups in total. The Morgan fingerprint density at radius 2 is 1.88 bits per heavy atom. The maximum Gasteiger partial charge on any atom is 0.439 e. The number of rotatable bonds is 4. The standard InChI is InChI=1S/C17H10Cl2N2O3/c18-12-8-6-11(14(19)10-12)7-9-15(22)16-17(23)24-20-21(16)13-4-2-1-3-5-13/h1-10H/p+1/b9-7+. The second kappa shape index (κ2) is 6.86. The van der Waals surface area contributed by atoms with Gasteiger partial charge in [-0.3, -0.25) is 9.32 Å². The van der Waals surface area contributed by atoms with Crippen LogP contribution in [0.5, 0.6) is 0 Å². The van der Waals surface area contributed by atoms with Gasteiger partial charge in [0.25, 0.3) is 5.78 Å². The fourth-order valence-electron chi connectivity index (χ4n) is 2.12. The smallest absolute Gasteiger partial charge is 0.282 e. The zero-order valence-corrected chi connectivity index (χ0v) is 13.7. The Balaban J connectivity index is 1.95. The Morgan fingerprint density at radius 3 is 2.58 bits per heavy atom. The topological polar surface area (TPSA) is 67.0 Å². The molecule has 5 nitrogen and oxygen atoms in total. The normalized spacial score (nSPS) is 11.1. The second-order valence-corrected chi connectivity index (χ2v) is 5.71. The average Bonchev–Trinajstić information content (AvgIpc) is 2.96. The molecule has 1 aromatic heterocycles. The number of aromatic nitrogens is 2. The number of aromatic amines is 1. The molecule has 24 heavy (non-hydrogen) atoms. The van der Waals surface area contributed by atoms with E-state index in [2.05, 4.69) is 5.27 Å². The molecule has 3 rings (SSSR count). The first-order valence-corrected chi connectivity index (χ1v) is 7.68. The molecule has 2 aromatic carbocycles. The molecule has 3 aromatic rings. The van der Waals surface area contributed by atoms with E-state index in [1.165, 1.54) is 16.8 Å². The van der Waals surface area contributed by atoms with E-state index in [1.807, 2.05) is 6.07 Å². The summed E-state index contributed by atoms with van der Waals surface area (Å²) in [5, 5.41) is 3.32. The average molecular weight is 362 g/mol. The van der Waals surface area contributed by atoms with Gasteiger partial charge in [0.2, 0.25) is 5.69 Å². The van der Waals surface area contributed by atoms with Crippen molar-refractivity contribution in [3.63, 3.8) is 0 Å². The first-order chi connectivity index (χ1) is 11.6. The number of carbonyl (C=O) groups excluding carboxylic acids is 1. The van der Waals surface area contributed by atoms with E-state index in [9.17, 15) is 9.59 Å². The summed E-state index contributed by atoms with van der Waals surface area (Å²) in [5.74, 6) is -0.514. The highest BCUT2D eigenvalue weighted by molar-refractivity contribution is 6.35. The Morgan fingerprint density at radius 1 is 1.12 bits per heavy atom. The van der Waals surface area contributed by atoms with Crippen molar-refractivity contribution in [2.24, 2.45) is 0 Å². The van der Waals surface area contributed by atoms with Crippen LogP contribution in [0.1, 0.15) is 16.1 Å². The predicted molar refractivity (Wildman–Crippen MR) is 90.7 cm³/mol. The summed E-state index contributed by atoms with van der Waals surface area (Å²) in [6, 6.07) is 13.8. The van der Waals surface area contributed by atoms with Crippen molar-refractivity contribution in [2.75, 3.05) is 0 Å². The Bertz CT molecular complexity index is 975. The van der Waals surface area contributed by atoms with Crippen LogP contribution in [0.3, 0.4) is 0 Å². The number of hydrogen-bond acceptors (Lipinski definition) is 3. The van der Waals surface area contributed by atoms with Crippen molar-refractivity contribution >= 4 is 35.1 Å². The molecule has 0 radical (unpaired) electrons. The maximum absolute atomic E-state index is 12.4. The number of nitrogens with zero attached hydrogens (tertiary/aromatic N) is 1. The SMILES string of the molecule is O=C(/C=C/c1ccc(Cl)cc1Cl)c1c(=O)o[nH][n+]1-c1ccccc1. The highest BCUT2D eigenvalue weighted by atomic mass is 35.5. The van der Waals surface area contributed by atoms with Crippen LogP contribution in [-0.2, 0) is 0 Å². The molecule has 0 saturated heterocycles. The summed E-state index contributed by atoms with van der Waals surface area (Å²) in [6.45, 7) is 0. The van der Waals surface area contributed by atoms with Gasteiger partial charge >= 0.3 is 11.3 Å². The molecule has 1 heterocycles. The molecule has 0 saturated carbocycles. The van der Waals surface area contributed by atoms with E-state index in [0.717, 1.165) is 0 Å². The molecule has 120 valence electrons. The number of para-hydroxylation sites is 1. The molecule has 0 amide bonds. The van der Waals surface area contributed by atoms with Crippen LogP contribution in [0.2, 0.25) is 10.0 Å². The van der Waals surface area contributed by atoms with Crippen LogP contribution >= 0.6 is 23.2 Å². The Hall–Kier alpha value is -2.63. The van der Waals surface area contributed by atoms with Gasteiger partial charge in [-0.1, -0.05) is 47.5 Å². The number of nitrogens with one attached hydrogen (secondary N) is 1. The molecule has 0 unspecified atom stereocenters. The van der Waals surface area contributed by atoms with Crippen molar-refractivity contribution in [2.45, 2.75) is 0 Å². The zero-order chi connectivity index (χ0) is 17.1. The monoisotopic (exact) mass is 361 g/mol. The third kappa shape index (κ3) is 3.32. The van der Waals surface area contributed by atoms with Crippen LogP contribution in [0, 0.1) is 0 Å². The molecular weight excluding hydrogens is 351 g/mol. The van der Waals surface area contributed by atoms with E-state index >= 15 is 0 Å². The number of hydrogen-bond donors (Lipinski definition) is 1. The number of allylic oxidation sites excluding steroid dienone is 1. The van der Waals surface area contributed by atoms with Crippen LogP contribution in [-0.4, -0.2) is 11.1 Å². The van der Waals surface area contributed by atoms with E-state index in [4.69, 9.17) is 27.7 Å². The van der Waals surface area contributed by atoms with Gasteiger partial charge in [0.05, 0.1) is 0 Å². The second-order valence-electron chi connectivity index (χ2n) is 4.86. The summed E-state index contributed by atoms with van der Waals surface area (Å²) in [5.41, 5.74) is 0.323. The molecule has 0 aliphatic rings. The van der Waals surface area contributed by atoms with E-state index in [-0.39, 0.29) is 5.69 Å². The maximum atomic E-state index is 12.4. The lowest BCUT2D eigenvalue weighted by Crippen LogP contribution is -2.40. The molecule has 0 aliphatic heterocycles. The Labute approximate surface area is 146 Å². The van der Waals surface area contributed by atoms with Crippen LogP contribution in [0.25, 0.3) is 11.8 Å². The third-order valence-electron chi connectivity index (χ3n) is 3.27. The van der Waals surface area contributed by atoms with Crippen LogP contribution < -0.4 is 10.3 Å². The Kier molecular flexibility index (Phi) is 4.64. The summed E-state index contributed by atoms with van der Waals surface area (Å²) in [6.07, 6.45) is 2.78. The molecule has 0 aliphatic carbocycles. The first kappa shape index (κ1) is 16.2. The summed E-state index contributed by atoms with van der Waals surface area (Å²) >= 11 is 11.9. The van der Waals surface area contributed by atoms with Gasteiger partial charge in [-0.05, 0) is 39.8 Å². The lowest BCUT2D eigenvalue weighted by atomic mass is 10.1. The quantitative estimate of drug-likeness (QED) is 0.439. The van der Waals surface area contributed by atoms with Crippen LogP contribution in [0.15, 0.2) is 63.9 Å². The van der Waals surface area contributed by atoms with Crippen molar-refractivity contribution in [1.29, 1.82) is 0 Å². The van der Waals surface area contributed by atoms with Gasteiger partial charge in [-0.15, -0.1) is 0 Å². The van der Waals surface area contributed by atoms with E-state index in [1.54, 1.807) is 42.5 Å². The lowest BCUT2D eigenvalue weighted by molar-refractivity contribution is -0.672. The lowest BCUT2D eigenvalue weighted by Gasteiger charge is -1.97. The minimum Gasteiger partial charge on any atom is -0.282 e. The molecule has 7 heteroatoms. The van der Waals surface area contributed by atoms with Crippen molar-refractivity contribution in [3.05, 3.63) is 86.3 Å². The number of halogens is 2. The van der Waals surface area contributed by atoms with Gasteiger partial charge in [0.1, 0.15) is 0 Å². The van der Waals surface area contributed by atoms with E-state index in [0.29, 0.717) is 21.3 Å². The van der Waals surface area contributed by atoms with Gasteiger partial charge in [0.15, 0.2) is 0 Å². The number of carbonyl (C=O) groups is 1. The van der Waals surface area contributed by atoms with Gasteiger partial charge in [-0.2, -0.15) is 0 Å². The van der Waals surface area contributed by atoms with Gasteiger partial charge in [0, 0.05) is 22.2 Å². The minimum absolute atomic E-state index is 0.137. The van der Waals surface area contributed by atoms with Crippen molar-refractivity contribution in [1.82, 2.24) is 5.27 Å². The largest absolute Gasteiger partial charge is 0.439 e. The molecular formula is C17H11Cl2N2O3+.